The van der Waals surface area contributed by atoms with Crippen molar-refractivity contribution in [1.29, 1.82) is 0 Å². The summed E-state index contributed by atoms with van der Waals surface area (Å²) in [5.74, 6) is -0.217. The van der Waals surface area contributed by atoms with Crippen LogP contribution in [0.15, 0.2) is 30.5 Å². The van der Waals surface area contributed by atoms with Crippen LogP contribution in [0.1, 0.15) is 30.1 Å². The molecule has 5 heteroatoms. The van der Waals surface area contributed by atoms with Crippen LogP contribution in [0.3, 0.4) is 0 Å². The Labute approximate surface area is 135 Å². The molecule has 3 rings (SSSR count). The van der Waals surface area contributed by atoms with Crippen molar-refractivity contribution < 1.29 is 14.3 Å². The number of piperidine rings is 1. The zero-order chi connectivity index (χ0) is 16.2. The van der Waals surface area contributed by atoms with Crippen molar-refractivity contribution in [3.8, 4) is 0 Å². The Balaban J connectivity index is 1.94. The van der Waals surface area contributed by atoms with Gasteiger partial charge in [-0.25, -0.2) is 0 Å². The smallest absolute Gasteiger partial charge is 0.310 e. The van der Waals surface area contributed by atoms with E-state index in [0.717, 1.165) is 36.7 Å². The van der Waals surface area contributed by atoms with E-state index in [1.165, 1.54) is 0 Å². The Morgan fingerprint density at radius 2 is 2.30 bits per heavy atom. The number of rotatable bonds is 4. The zero-order valence-corrected chi connectivity index (χ0v) is 13.2. The van der Waals surface area contributed by atoms with Gasteiger partial charge in [-0.1, -0.05) is 0 Å². The number of ether oxygens (including phenoxy) is 1. The molecule has 2 aromatic rings. The average molecular weight is 312 g/mol. The Hall–Kier alpha value is -2.43. The number of aldehydes is 1. The van der Waals surface area contributed by atoms with Crippen LogP contribution in [-0.4, -0.2) is 36.9 Å². The number of hydrogen-bond acceptors (Lipinski definition) is 5. The van der Waals surface area contributed by atoms with Gasteiger partial charge in [0, 0.05) is 35.9 Å². The van der Waals surface area contributed by atoms with Crippen LogP contribution in [-0.2, 0) is 9.53 Å². The molecule has 0 bridgehead atoms. The quantitative estimate of drug-likeness (QED) is 0.642. The van der Waals surface area contributed by atoms with Crippen LogP contribution in [0.25, 0.3) is 10.9 Å². The molecule has 0 aliphatic carbocycles. The molecule has 0 radical (unpaired) electrons. The maximum absolute atomic E-state index is 12.0. The summed E-state index contributed by atoms with van der Waals surface area (Å²) in [6, 6.07) is 7.58. The Bertz CT molecular complexity index is 729. The highest BCUT2D eigenvalue weighted by Crippen LogP contribution is 2.31. The van der Waals surface area contributed by atoms with E-state index in [1.807, 2.05) is 25.1 Å². The molecule has 1 aliphatic heterocycles. The van der Waals surface area contributed by atoms with Crippen LogP contribution < -0.4 is 4.90 Å². The highest BCUT2D eigenvalue weighted by Gasteiger charge is 2.27. The van der Waals surface area contributed by atoms with Crippen molar-refractivity contribution in [1.82, 2.24) is 4.98 Å². The minimum absolute atomic E-state index is 0.0961. The number of aromatic nitrogens is 1. The van der Waals surface area contributed by atoms with Gasteiger partial charge in [0.25, 0.3) is 0 Å². The predicted molar refractivity (Wildman–Crippen MR) is 88.7 cm³/mol. The largest absolute Gasteiger partial charge is 0.466 e. The van der Waals surface area contributed by atoms with Gasteiger partial charge in [0.05, 0.1) is 18.0 Å². The third-order valence-corrected chi connectivity index (χ3v) is 4.29. The van der Waals surface area contributed by atoms with Gasteiger partial charge in [0.2, 0.25) is 0 Å². The Kier molecular flexibility index (Phi) is 4.55. The van der Waals surface area contributed by atoms with E-state index in [2.05, 4.69) is 9.88 Å². The number of pyridine rings is 1. The topological polar surface area (TPSA) is 59.5 Å². The number of fused-ring (bicyclic) bond motifs is 1. The SMILES string of the molecule is CCOC(=O)C1CCCN(c2ccc(C=O)c3ncccc23)C1. The minimum Gasteiger partial charge on any atom is -0.466 e. The lowest BCUT2D eigenvalue weighted by atomic mass is 9.96. The summed E-state index contributed by atoms with van der Waals surface area (Å²) < 4.78 is 5.17. The van der Waals surface area contributed by atoms with Gasteiger partial charge >= 0.3 is 5.97 Å². The Morgan fingerprint density at radius 1 is 1.43 bits per heavy atom. The van der Waals surface area contributed by atoms with E-state index in [9.17, 15) is 9.59 Å². The second-order valence-corrected chi connectivity index (χ2v) is 5.73. The first-order valence-corrected chi connectivity index (χ1v) is 7.99. The summed E-state index contributed by atoms with van der Waals surface area (Å²) in [6.45, 7) is 3.77. The fraction of sp³-hybridized carbons (Fsp3) is 0.389. The van der Waals surface area contributed by atoms with Crippen molar-refractivity contribution in [3.05, 3.63) is 36.0 Å². The van der Waals surface area contributed by atoms with Crippen molar-refractivity contribution in [2.45, 2.75) is 19.8 Å². The normalized spacial score (nSPS) is 18.0. The van der Waals surface area contributed by atoms with Crippen molar-refractivity contribution in [3.63, 3.8) is 0 Å². The van der Waals surface area contributed by atoms with Gasteiger partial charge in [0.1, 0.15) is 0 Å². The number of esters is 1. The van der Waals surface area contributed by atoms with Crippen molar-refractivity contribution in [2.24, 2.45) is 5.92 Å². The van der Waals surface area contributed by atoms with E-state index < -0.39 is 0 Å². The Morgan fingerprint density at radius 3 is 3.09 bits per heavy atom. The average Bonchev–Trinajstić information content (AvgIpc) is 2.61. The molecule has 0 amide bonds. The molecule has 23 heavy (non-hydrogen) atoms. The summed E-state index contributed by atoms with van der Waals surface area (Å²) >= 11 is 0. The van der Waals surface area contributed by atoms with E-state index in [1.54, 1.807) is 12.3 Å². The van der Waals surface area contributed by atoms with Crippen molar-refractivity contribution >= 4 is 28.8 Å². The maximum Gasteiger partial charge on any atom is 0.310 e. The van der Waals surface area contributed by atoms with E-state index in [4.69, 9.17) is 4.74 Å². The van der Waals surface area contributed by atoms with E-state index >= 15 is 0 Å². The fourth-order valence-corrected chi connectivity index (χ4v) is 3.20. The molecule has 1 aromatic carbocycles. The molecule has 1 unspecified atom stereocenters. The maximum atomic E-state index is 12.0. The van der Waals surface area contributed by atoms with Crippen LogP contribution in [0.4, 0.5) is 5.69 Å². The van der Waals surface area contributed by atoms with Crippen LogP contribution in [0.5, 0.6) is 0 Å². The summed E-state index contributed by atoms with van der Waals surface area (Å²) in [4.78, 5) is 29.8. The molecule has 0 N–H and O–H groups in total. The molecule has 2 heterocycles. The first-order chi connectivity index (χ1) is 11.2. The molecule has 1 atom stereocenters. The van der Waals surface area contributed by atoms with Crippen LogP contribution in [0.2, 0.25) is 0 Å². The molecule has 1 fully saturated rings. The minimum atomic E-state index is -0.121. The lowest BCUT2D eigenvalue weighted by Gasteiger charge is -2.34. The molecular formula is C18H20N2O3. The van der Waals surface area contributed by atoms with Crippen LogP contribution >= 0.6 is 0 Å². The van der Waals surface area contributed by atoms with Gasteiger partial charge in [-0.2, -0.15) is 0 Å². The number of benzene rings is 1. The number of carbonyl (C=O) groups is 2. The first kappa shape index (κ1) is 15.5. The number of carbonyl (C=O) groups excluding carboxylic acids is 2. The second kappa shape index (κ2) is 6.77. The van der Waals surface area contributed by atoms with Gasteiger partial charge in [-0.3, -0.25) is 14.6 Å². The first-order valence-electron chi connectivity index (χ1n) is 7.99. The monoisotopic (exact) mass is 312 g/mol. The highest BCUT2D eigenvalue weighted by atomic mass is 16.5. The summed E-state index contributed by atoms with van der Waals surface area (Å²) in [5, 5.41) is 0.946. The lowest BCUT2D eigenvalue weighted by Crippen LogP contribution is -2.39. The zero-order valence-electron chi connectivity index (χ0n) is 13.2. The molecule has 0 spiro atoms. The molecule has 5 nitrogen and oxygen atoms in total. The number of hydrogen-bond donors (Lipinski definition) is 0. The third kappa shape index (κ3) is 3.04. The van der Waals surface area contributed by atoms with Gasteiger partial charge < -0.3 is 9.64 Å². The van der Waals surface area contributed by atoms with Crippen molar-refractivity contribution in [2.75, 3.05) is 24.6 Å². The molecular weight excluding hydrogens is 292 g/mol. The standard InChI is InChI=1S/C18H20N2O3/c1-2-23-18(22)13-5-4-10-20(11-13)16-8-7-14(12-21)17-15(16)6-3-9-19-17/h3,6-9,12-13H,2,4-5,10-11H2,1H3. The van der Waals surface area contributed by atoms with E-state index in [-0.39, 0.29) is 11.9 Å². The van der Waals surface area contributed by atoms with E-state index in [0.29, 0.717) is 24.2 Å². The number of anilines is 1. The molecule has 1 aliphatic rings. The second-order valence-electron chi connectivity index (χ2n) is 5.73. The van der Waals surface area contributed by atoms with Gasteiger partial charge in [-0.15, -0.1) is 0 Å². The highest BCUT2D eigenvalue weighted by molar-refractivity contribution is 6.01. The third-order valence-electron chi connectivity index (χ3n) is 4.29. The molecule has 1 saturated heterocycles. The molecule has 1 aromatic heterocycles. The molecule has 0 saturated carbocycles. The van der Waals surface area contributed by atoms with Gasteiger partial charge in [-0.05, 0) is 44.0 Å². The number of nitrogens with zero attached hydrogens (tertiary/aromatic N) is 2. The summed E-state index contributed by atoms with van der Waals surface area (Å²) in [5.41, 5.74) is 2.31. The summed E-state index contributed by atoms with van der Waals surface area (Å²) in [7, 11) is 0. The fourth-order valence-electron chi connectivity index (χ4n) is 3.20. The predicted octanol–water partition coefficient (Wildman–Crippen LogP) is 2.83. The van der Waals surface area contributed by atoms with Crippen LogP contribution in [0, 0.1) is 5.92 Å². The summed E-state index contributed by atoms with van der Waals surface area (Å²) in [6.07, 6.45) is 4.33. The van der Waals surface area contributed by atoms with Gasteiger partial charge in [0.15, 0.2) is 6.29 Å². The lowest BCUT2D eigenvalue weighted by molar-refractivity contribution is -0.148. The molecule has 120 valence electrons.